The average Bonchev–Trinajstić information content (AvgIpc) is 4.36. The van der Waals surface area contributed by atoms with E-state index >= 15 is 0 Å². The first-order valence-corrected chi connectivity index (χ1v) is 29.4. The summed E-state index contributed by atoms with van der Waals surface area (Å²) in [5, 5.41) is 36.3. The summed E-state index contributed by atoms with van der Waals surface area (Å²) in [4.78, 5) is 72.5. The molecule has 13 atom stereocenters. The van der Waals surface area contributed by atoms with Crippen LogP contribution in [-0.2, 0) is 46.2 Å². The fourth-order valence-electron chi connectivity index (χ4n) is 9.99. The first-order chi connectivity index (χ1) is 38.0. The highest BCUT2D eigenvalue weighted by molar-refractivity contribution is 7.47. The van der Waals surface area contributed by atoms with Crippen LogP contribution in [-0.4, -0.2) is 158 Å². The van der Waals surface area contributed by atoms with Gasteiger partial charge in [0.05, 0.1) is 38.3 Å². The predicted molar refractivity (Wildman–Crippen MR) is 278 cm³/mol. The van der Waals surface area contributed by atoms with Crippen LogP contribution in [0.1, 0.15) is 122 Å². The van der Waals surface area contributed by atoms with E-state index in [9.17, 15) is 39.0 Å². The lowest BCUT2D eigenvalue weighted by Crippen LogP contribution is -2.40. The van der Waals surface area contributed by atoms with Crippen molar-refractivity contribution >= 4 is 72.5 Å². The number of phosphoric ester groups is 2. The molecule has 432 valence electrons. The van der Waals surface area contributed by atoms with E-state index in [1.165, 1.54) is 103 Å². The normalized spacial score (nSPS) is 26.8. The molecule has 3 aliphatic heterocycles. The smallest absolute Gasteiger partial charge is 0.387 e. The van der Waals surface area contributed by atoms with E-state index in [4.69, 9.17) is 49.5 Å². The van der Waals surface area contributed by atoms with Gasteiger partial charge in [-0.15, -0.1) is 0 Å². The third-order valence-corrected chi connectivity index (χ3v) is 16.1. The number of nitrogen functional groups attached to an aromatic ring is 3. The molecule has 0 aliphatic carbocycles. The van der Waals surface area contributed by atoms with Crippen LogP contribution >= 0.6 is 15.6 Å². The van der Waals surface area contributed by atoms with Gasteiger partial charge in [-0.25, -0.2) is 54.0 Å². The number of rotatable bonds is 29. The van der Waals surface area contributed by atoms with Crippen LogP contribution in [0.2, 0.25) is 0 Å². The minimum absolute atomic E-state index is 0.00878. The number of aromatic nitrogens is 12. The fraction of sp³-hybridized carbons (Fsp3) is 0.652. The van der Waals surface area contributed by atoms with Gasteiger partial charge in [-0.05, 0) is 6.42 Å². The van der Waals surface area contributed by atoms with Crippen molar-refractivity contribution in [3.8, 4) is 0 Å². The number of hydrogen-bond acceptors (Lipinski definition) is 25. The van der Waals surface area contributed by atoms with Gasteiger partial charge in [0.2, 0.25) is 5.91 Å². The lowest BCUT2D eigenvalue weighted by molar-refractivity contribution is -0.122. The number of phosphoric acid groups is 2. The highest BCUT2D eigenvalue weighted by Crippen LogP contribution is 2.53. The Bertz CT molecular complexity index is 3100. The maximum Gasteiger partial charge on any atom is 0.472 e. The summed E-state index contributed by atoms with van der Waals surface area (Å²) in [5.74, 6) is -0.154. The number of ether oxygens (including phenoxy) is 3. The second kappa shape index (κ2) is 26.0. The molecule has 0 spiro atoms. The highest BCUT2D eigenvalue weighted by Gasteiger charge is 2.51. The Kier molecular flexibility index (Phi) is 19.1. The number of nitrogens with zero attached hydrogens (tertiary/aromatic N) is 12. The maximum absolute atomic E-state index is 14.0. The molecule has 9 heterocycles. The van der Waals surface area contributed by atoms with Gasteiger partial charge in [-0.3, -0.25) is 36.6 Å². The zero-order valence-electron chi connectivity index (χ0n) is 43.4. The molecule has 12 N–H and O–H groups in total. The summed E-state index contributed by atoms with van der Waals surface area (Å²) in [5.41, 5.74) is 19.0. The molecular weight excluding hydrogens is 1080 g/mol. The third-order valence-electron chi connectivity index (χ3n) is 14.1. The van der Waals surface area contributed by atoms with Gasteiger partial charge in [-0.2, -0.15) is 0 Å². The van der Waals surface area contributed by atoms with Crippen LogP contribution in [0.15, 0.2) is 38.0 Å². The van der Waals surface area contributed by atoms with Gasteiger partial charge < -0.3 is 61.8 Å². The van der Waals surface area contributed by atoms with Gasteiger partial charge in [-0.1, -0.05) is 84.0 Å². The van der Waals surface area contributed by atoms with Crippen LogP contribution < -0.4 is 22.5 Å². The Hall–Kier alpha value is -5.50. The van der Waals surface area contributed by atoms with Gasteiger partial charge in [0.25, 0.3) is 0 Å². The van der Waals surface area contributed by atoms with Gasteiger partial charge in [0.15, 0.2) is 53.1 Å². The highest BCUT2D eigenvalue weighted by atomic mass is 31.2. The first-order valence-electron chi connectivity index (χ1n) is 26.4. The van der Waals surface area contributed by atoms with E-state index in [1.807, 2.05) is 0 Å². The molecule has 6 aromatic heterocycles. The first kappa shape index (κ1) is 58.2. The molecule has 3 aliphatic rings. The van der Waals surface area contributed by atoms with Crippen LogP contribution in [0.5, 0.6) is 0 Å². The van der Waals surface area contributed by atoms with E-state index in [2.05, 4.69) is 57.1 Å². The lowest BCUT2D eigenvalue weighted by Gasteiger charge is -2.24. The van der Waals surface area contributed by atoms with Crippen LogP contribution in [0.25, 0.3) is 33.5 Å². The zero-order chi connectivity index (χ0) is 55.8. The standard InChI is InChI=1S/C46H68N16O15P2/c1-2-3-4-5-6-7-8-9-10-11-12-13-14-15-30(63)50-17-28-35(65)37(46(74-28)62-25-59-33-40(49)53-22-56-43(33)62)77-79(69,70)71-18-26-16-27(44(73-26)60-23-57-31-38(47)51-20-54-41(31)60)76-78(67,68)72-19-29-34(64)36(66)45(75-29)61-24-58-32-39(48)52-21-55-42(32)61/h20-29,34-37,44-46,64-66H,2-19H2,1H3,(H,50,63)(H,67,68)(H,69,70)(H2,47,51,54)(H2,48,52,55)(H2,49,53,56)/t26-,27+,28+,29+,34+,35+,36+,37+,44+,45+,46+/m0/s1. The number of nitrogens with one attached hydrogen (secondary N) is 1. The van der Waals surface area contributed by atoms with Crippen molar-refractivity contribution in [2.24, 2.45) is 0 Å². The van der Waals surface area contributed by atoms with Crippen molar-refractivity contribution in [1.29, 1.82) is 0 Å². The SMILES string of the molecule is CCCCCCCCCCCCCCCC(=O)NC[C@H]1O[C@@H](n2cnc3c(N)ncnc32)[C@H](OP(=O)(O)OC[C@@H]2C[C@@H](OP(=O)(O)OC[C@H]3O[C@@H](n4cnc5c(N)ncnc54)[C@H](O)[C@@H]3O)[C@H](n3cnc4c(N)ncnc43)O2)[C@@H]1O. The number of carbonyl (C=O) groups excluding carboxylic acids is 1. The number of aliphatic hydroxyl groups excluding tert-OH is 3. The Labute approximate surface area is 452 Å². The number of hydrogen-bond donors (Lipinski definition) is 9. The van der Waals surface area contributed by atoms with Crippen molar-refractivity contribution < 1.29 is 71.3 Å². The average molecular weight is 1150 g/mol. The number of unbranched alkanes of at least 4 members (excludes halogenated alkanes) is 12. The number of carbonyl (C=O) groups is 1. The Morgan fingerprint density at radius 1 is 0.595 bits per heavy atom. The van der Waals surface area contributed by atoms with Crippen molar-refractivity contribution in [2.75, 3.05) is 37.0 Å². The number of anilines is 3. The molecule has 31 nitrogen and oxygen atoms in total. The molecular formula is C46H68N16O15P2. The second-order valence-corrected chi connectivity index (χ2v) is 22.6. The molecule has 3 fully saturated rings. The van der Waals surface area contributed by atoms with E-state index in [-0.39, 0.29) is 76.2 Å². The van der Waals surface area contributed by atoms with Crippen LogP contribution in [0.3, 0.4) is 0 Å². The molecule has 9 rings (SSSR count). The third kappa shape index (κ3) is 13.8. The van der Waals surface area contributed by atoms with Crippen molar-refractivity contribution in [3.05, 3.63) is 38.0 Å². The van der Waals surface area contributed by atoms with E-state index in [0.717, 1.165) is 25.6 Å². The largest absolute Gasteiger partial charge is 0.472 e. The Morgan fingerprint density at radius 2 is 1.06 bits per heavy atom. The summed E-state index contributed by atoms with van der Waals surface area (Å²) in [6.07, 6.45) is 6.93. The summed E-state index contributed by atoms with van der Waals surface area (Å²) >= 11 is 0. The van der Waals surface area contributed by atoms with Crippen molar-refractivity contribution in [3.63, 3.8) is 0 Å². The molecule has 0 aromatic carbocycles. The zero-order valence-corrected chi connectivity index (χ0v) is 45.1. The Balaban J connectivity index is 0.817. The number of fused-ring (bicyclic) bond motifs is 3. The van der Waals surface area contributed by atoms with Gasteiger partial charge >= 0.3 is 15.6 Å². The fourth-order valence-corrected chi connectivity index (χ4v) is 11.9. The minimum atomic E-state index is -5.20. The number of aliphatic hydroxyl groups is 3. The lowest BCUT2D eigenvalue weighted by atomic mass is 10.0. The summed E-state index contributed by atoms with van der Waals surface area (Å²) in [6.45, 7) is 0.576. The number of imidazole rings is 3. The Morgan fingerprint density at radius 3 is 1.61 bits per heavy atom. The summed E-state index contributed by atoms with van der Waals surface area (Å²) < 4.78 is 72.1. The molecule has 0 bridgehead atoms. The quantitative estimate of drug-likeness (QED) is 0.0241. The molecule has 6 aromatic rings. The maximum atomic E-state index is 14.0. The van der Waals surface area contributed by atoms with Crippen LogP contribution in [0, 0.1) is 0 Å². The van der Waals surface area contributed by atoms with Crippen molar-refractivity contribution in [1.82, 2.24) is 63.9 Å². The molecule has 0 radical (unpaired) electrons. The number of amides is 1. The molecule has 79 heavy (non-hydrogen) atoms. The van der Waals surface area contributed by atoms with Gasteiger partial charge in [0, 0.05) is 19.4 Å². The van der Waals surface area contributed by atoms with Crippen molar-refractivity contribution in [2.45, 2.75) is 171 Å². The van der Waals surface area contributed by atoms with Crippen LogP contribution in [0.4, 0.5) is 17.5 Å². The van der Waals surface area contributed by atoms with E-state index in [0.29, 0.717) is 6.42 Å². The summed E-state index contributed by atoms with van der Waals surface area (Å²) in [7, 11) is -10.3. The number of nitrogens with two attached hydrogens (primary N) is 3. The molecule has 0 saturated carbocycles. The predicted octanol–water partition coefficient (Wildman–Crippen LogP) is 3.02. The topological polar surface area (TPSA) is 438 Å². The van der Waals surface area contributed by atoms with Gasteiger partial charge in [0.1, 0.15) is 78.3 Å². The summed E-state index contributed by atoms with van der Waals surface area (Å²) in [6, 6.07) is 0. The van der Waals surface area contributed by atoms with E-state index in [1.54, 1.807) is 0 Å². The van der Waals surface area contributed by atoms with E-state index < -0.39 is 96.4 Å². The monoisotopic (exact) mass is 1150 g/mol. The molecule has 2 unspecified atom stereocenters. The second-order valence-electron chi connectivity index (χ2n) is 19.8. The molecule has 1 amide bonds. The minimum Gasteiger partial charge on any atom is -0.387 e. The molecule has 33 heteroatoms. The molecule has 3 saturated heterocycles.